The van der Waals surface area contributed by atoms with E-state index in [1.54, 1.807) is 12.1 Å². The van der Waals surface area contributed by atoms with Crippen LogP contribution in [0.25, 0.3) is 0 Å². The van der Waals surface area contributed by atoms with E-state index in [1.807, 2.05) is 4.90 Å². The Bertz CT molecular complexity index is 748. The number of ether oxygens (including phenoxy) is 1. The molecule has 2 aliphatic rings. The largest absolute Gasteiger partial charge is 0.386 e. The van der Waals surface area contributed by atoms with Gasteiger partial charge in [0.2, 0.25) is 0 Å². The van der Waals surface area contributed by atoms with Gasteiger partial charge in [0.1, 0.15) is 5.69 Å². The van der Waals surface area contributed by atoms with Gasteiger partial charge in [-0.05, 0) is 24.8 Å². The van der Waals surface area contributed by atoms with Crippen LogP contribution in [0, 0.1) is 16.0 Å². The number of carbonyl (C=O) groups is 1. The Labute approximate surface area is 170 Å². The molecule has 0 radical (unpaired) electrons. The average molecular weight is 404 g/mol. The molecule has 2 atom stereocenters. The molecule has 1 aromatic rings. The molecule has 9 heteroatoms. The van der Waals surface area contributed by atoms with Crippen LogP contribution in [0.5, 0.6) is 0 Å². The first-order chi connectivity index (χ1) is 14.0. The Morgan fingerprint density at radius 2 is 2.14 bits per heavy atom. The van der Waals surface area contributed by atoms with Crippen LogP contribution in [0.1, 0.15) is 38.2 Å². The van der Waals surface area contributed by atoms with Gasteiger partial charge in [0.25, 0.3) is 11.6 Å². The highest BCUT2D eigenvalue weighted by molar-refractivity contribution is 5.83. The molecule has 0 bridgehead atoms. The number of nitrogens with zero attached hydrogens (tertiary/aromatic N) is 3. The second-order valence-corrected chi connectivity index (χ2v) is 7.55. The second kappa shape index (κ2) is 10.2. The minimum Gasteiger partial charge on any atom is -0.386 e. The van der Waals surface area contributed by atoms with Crippen molar-refractivity contribution in [3.8, 4) is 0 Å². The van der Waals surface area contributed by atoms with Crippen molar-refractivity contribution in [1.82, 2.24) is 5.32 Å². The molecule has 1 aliphatic heterocycles. The molecule has 1 aromatic carbocycles. The van der Waals surface area contributed by atoms with Crippen molar-refractivity contribution in [2.75, 3.05) is 37.8 Å². The molecule has 9 nitrogen and oxygen atoms in total. The van der Waals surface area contributed by atoms with Crippen molar-refractivity contribution < 1.29 is 19.3 Å². The van der Waals surface area contributed by atoms with E-state index in [4.69, 9.17) is 9.57 Å². The molecule has 1 saturated carbocycles. The molecule has 1 saturated heterocycles. The van der Waals surface area contributed by atoms with Gasteiger partial charge in [-0.3, -0.25) is 14.9 Å². The number of nitro benzene ring substituents is 1. The lowest BCUT2D eigenvalue weighted by Crippen LogP contribution is -2.42. The number of amides is 1. The number of hydrogen-bond donors (Lipinski definition) is 1. The first-order valence-corrected chi connectivity index (χ1v) is 10.1. The maximum atomic E-state index is 12.0. The van der Waals surface area contributed by atoms with Crippen LogP contribution >= 0.6 is 0 Å². The Hall–Kier alpha value is -2.68. The number of anilines is 1. The SMILES string of the molecule is C[C@@H]1CCCC[C@H]1NC(=O)CO/N=C\c1ccc(N2CCOCC2)c([N+](=O)[O-])c1. The van der Waals surface area contributed by atoms with E-state index in [9.17, 15) is 14.9 Å². The van der Waals surface area contributed by atoms with Crippen LogP contribution in [-0.2, 0) is 14.4 Å². The van der Waals surface area contributed by atoms with Crippen LogP contribution < -0.4 is 10.2 Å². The van der Waals surface area contributed by atoms with Gasteiger partial charge in [0, 0.05) is 30.8 Å². The molecule has 0 spiro atoms. The molecule has 1 aliphatic carbocycles. The first kappa shape index (κ1) is 21.0. The number of carbonyl (C=O) groups excluding carboxylic acids is 1. The Morgan fingerprint density at radius 1 is 1.38 bits per heavy atom. The quantitative estimate of drug-likeness (QED) is 0.425. The third kappa shape index (κ3) is 5.90. The average Bonchev–Trinajstić information content (AvgIpc) is 2.73. The van der Waals surface area contributed by atoms with E-state index >= 15 is 0 Å². The maximum absolute atomic E-state index is 12.0. The molecule has 2 fully saturated rings. The molecule has 158 valence electrons. The molecule has 3 rings (SSSR count). The van der Waals surface area contributed by atoms with Gasteiger partial charge in [-0.1, -0.05) is 31.0 Å². The normalized spacial score (nSPS) is 22.4. The minimum absolute atomic E-state index is 0.0138. The van der Waals surface area contributed by atoms with E-state index in [2.05, 4.69) is 17.4 Å². The first-order valence-electron chi connectivity index (χ1n) is 10.1. The van der Waals surface area contributed by atoms with Crippen molar-refractivity contribution in [3.63, 3.8) is 0 Å². The number of oxime groups is 1. The Balaban J connectivity index is 1.54. The summed E-state index contributed by atoms with van der Waals surface area (Å²) in [7, 11) is 0. The lowest BCUT2D eigenvalue weighted by atomic mass is 9.86. The number of nitro groups is 1. The number of rotatable bonds is 7. The van der Waals surface area contributed by atoms with E-state index in [-0.39, 0.29) is 24.2 Å². The number of nitrogens with one attached hydrogen (secondary N) is 1. The van der Waals surface area contributed by atoms with Crippen LogP contribution in [-0.4, -0.2) is 56.0 Å². The van der Waals surface area contributed by atoms with Crippen molar-refractivity contribution in [3.05, 3.63) is 33.9 Å². The van der Waals surface area contributed by atoms with E-state index in [0.29, 0.717) is 43.5 Å². The maximum Gasteiger partial charge on any atom is 0.293 e. The Kier molecular flexibility index (Phi) is 7.40. The molecule has 1 amide bonds. The zero-order valence-electron chi connectivity index (χ0n) is 16.7. The highest BCUT2D eigenvalue weighted by Gasteiger charge is 2.23. The van der Waals surface area contributed by atoms with Gasteiger partial charge < -0.3 is 19.8 Å². The number of benzene rings is 1. The van der Waals surface area contributed by atoms with Crippen LogP contribution in [0.15, 0.2) is 23.4 Å². The van der Waals surface area contributed by atoms with E-state index in [0.717, 1.165) is 19.3 Å². The van der Waals surface area contributed by atoms with Crippen molar-refractivity contribution in [2.45, 2.75) is 38.6 Å². The van der Waals surface area contributed by atoms with Gasteiger partial charge in [-0.2, -0.15) is 0 Å². The predicted octanol–water partition coefficient (Wildman–Crippen LogP) is 2.48. The third-order valence-corrected chi connectivity index (χ3v) is 5.48. The van der Waals surface area contributed by atoms with E-state index < -0.39 is 4.92 Å². The summed E-state index contributed by atoms with van der Waals surface area (Å²) in [5.41, 5.74) is 1.12. The molecular formula is C20H28N4O5. The van der Waals surface area contributed by atoms with Crippen molar-refractivity contribution in [1.29, 1.82) is 0 Å². The summed E-state index contributed by atoms with van der Waals surface area (Å²) in [5, 5.41) is 18.3. The van der Waals surface area contributed by atoms with Gasteiger partial charge in [0.15, 0.2) is 6.61 Å². The molecule has 29 heavy (non-hydrogen) atoms. The smallest absolute Gasteiger partial charge is 0.293 e. The monoisotopic (exact) mass is 404 g/mol. The fraction of sp³-hybridized carbons (Fsp3) is 0.600. The standard InChI is InChI=1S/C20H28N4O5/c1-15-4-2-3-5-17(15)22-20(25)14-29-21-13-16-6-7-18(19(12-16)24(26)27)23-8-10-28-11-9-23/h6-7,12-13,15,17H,2-5,8-11,14H2,1H3,(H,22,25)/b21-13-/t15-,17-/m1/s1. The van der Waals surface area contributed by atoms with Gasteiger partial charge in [-0.15, -0.1) is 0 Å². The molecule has 0 unspecified atom stereocenters. The summed E-state index contributed by atoms with van der Waals surface area (Å²) in [6.45, 7) is 4.31. The lowest BCUT2D eigenvalue weighted by molar-refractivity contribution is -0.384. The summed E-state index contributed by atoms with van der Waals surface area (Å²) in [5.74, 6) is 0.274. The Morgan fingerprint density at radius 3 is 2.86 bits per heavy atom. The lowest BCUT2D eigenvalue weighted by Gasteiger charge is -2.29. The third-order valence-electron chi connectivity index (χ3n) is 5.48. The van der Waals surface area contributed by atoms with Gasteiger partial charge in [-0.25, -0.2) is 0 Å². The van der Waals surface area contributed by atoms with Crippen LogP contribution in [0.3, 0.4) is 0 Å². The predicted molar refractivity (Wildman–Crippen MR) is 109 cm³/mol. The number of morpholine rings is 1. The second-order valence-electron chi connectivity index (χ2n) is 7.55. The summed E-state index contributed by atoms with van der Waals surface area (Å²) < 4.78 is 5.30. The molecule has 0 aromatic heterocycles. The summed E-state index contributed by atoms with van der Waals surface area (Å²) >= 11 is 0. The fourth-order valence-electron chi connectivity index (χ4n) is 3.81. The summed E-state index contributed by atoms with van der Waals surface area (Å²) in [6.07, 6.45) is 5.85. The van der Waals surface area contributed by atoms with Gasteiger partial charge >= 0.3 is 0 Å². The van der Waals surface area contributed by atoms with Crippen LogP contribution in [0.4, 0.5) is 11.4 Å². The topological polar surface area (TPSA) is 106 Å². The molecule has 1 heterocycles. The van der Waals surface area contributed by atoms with Gasteiger partial charge in [0.05, 0.1) is 24.4 Å². The fourth-order valence-corrected chi connectivity index (χ4v) is 3.81. The van der Waals surface area contributed by atoms with Crippen molar-refractivity contribution >= 4 is 23.5 Å². The number of hydrogen-bond acceptors (Lipinski definition) is 7. The highest BCUT2D eigenvalue weighted by atomic mass is 16.6. The highest BCUT2D eigenvalue weighted by Crippen LogP contribution is 2.29. The minimum atomic E-state index is -0.401. The van der Waals surface area contributed by atoms with Crippen LogP contribution in [0.2, 0.25) is 0 Å². The zero-order chi connectivity index (χ0) is 20.6. The zero-order valence-corrected chi connectivity index (χ0v) is 16.7. The van der Waals surface area contributed by atoms with Crippen molar-refractivity contribution in [2.24, 2.45) is 11.1 Å². The molecule has 1 N–H and O–H groups in total. The van der Waals surface area contributed by atoms with E-state index in [1.165, 1.54) is 18.7 Å². The summed E-state index contributed by atoms with van der Waals surface area (Å²) in [4.78, 5) is 30.1. The summed E-state index contributed by atoms with van der Waals surface area (Å²) in [6, 6.07) is 5.11. The molecular weight excluding hydrogens is 376 g/mol.